The fraction of sp³-hybridized carbons (Fsp3) is 0.500. The summed E-state index contributed by atoms with van der Waals surface area (Å²) in [7, 11) is 1.18. The lowest BCUT2D eigenvalue weighted by atomic mass is 9.89. The second kappa shape index (κ2) is 6.32. The Hall–Kier alpha value is -1.14. The number of esters is 1. The van der Waals surface area contributed by atoms with Crippen molar-refractivity contribution < 1.29 is 22.3 Å². The maximum atomic E-state index is 13.7. The molecule has 0 amide bonds. The van der Waals surface area contributed by atoms with Crippen molar-refractivity contribution in [2.45, 2.75) is 43.6 Å². The molecule has 1 saturated carbocycles. The largest absolute Gasteiger partial charge is 0.459 e. The van der Waals surface area contributed by atoms with Crippen LogP contribution >= 0.6 is 10.7 Å². The predicted octanol–water partition coefficient (Wildman–Crippen LogP) is 3.49. The van der Waals surface area contributed by atoms with Crippen LogP contribution in [0, 0.1) is 11.7 Å². The quantitative estimate of drug-likeness (QED) is 0.627. The van der Waals surface area contributed by atoms with Crippen molar-refractivity contribution in [2.75, 3.05) is 0 Å². The molecular formula is C14H16ClFO4S. The Morgan fingerprint density at radius 2 is 2.10 bits per heavy atom. The number of halogens is 2. The van der Waals surface area contributed by atoms with Crippen LogP contribution in [0.1, 0.15) is 43.0 Å². The fourth-order valence-electron chi connectivity index (χ4n) is 2.51. The highest BCUT2D eigenvalue weighted by Gasteiger charge is 2.25. The summed E-state index contributed by atoms with van der Waals surface area (Å²) in [5.41, 5.74) is -0.407. The van der Waals surface area contributed by atoms with Gasteiger partial charge in [-0.25, -0.2) is 17.6 Å². The van der Waals surface area contributed by atoms with Crippen LogP contribution in [-0.2, 0) is 13.8 Å². The Morgan fingerprint density at radius 1 is 1.38 bits per heavy atom. The first-order valence-corrected chi connectivity index (χ1v) is 9.03. The van der Waals surface area contributed by atoms with Crippen molar-refractivity contribution in [3.8, 4) is 0 Å². The van der Waals surface area contributed by atoms with Crippen molar-refractivity contribution in [2.24, 2.45) is 5.92 Å². The lowest BCUT2D eigenvalue weighted by molar-refractivity contribution is 0.0150. The minimum absolute atomic E-state index is 0.253. The Balaban J connectivity index is 2.18. The molecule has 7 heteroatoms. The van der Waals surface area contributed by atoms with E-state index in [1.54, 1.807) is 0 Å². The van der Waals surface area contributed by atoms with Gasteiger partial charge in [-0.3, -0.25) is 0 Å². The Bertz CT molecular complexity index is 644. The molecule has 1 aliphatic rings. The number of carbonyl (C=O) groups is 1. The number of rotatable bonds is 3. The summed E-state index contributed by atoms with van der Waals surface area (Å²) >= 11 is 0. The Morgan fingerprint density at radius 3 is 2.71 bits per heavy atom. The van der Waals surface area contributed by atoms with Crippen molar-refractivity contribution >= 4 is 25.7 Å². The van der Waals surface area contributed by atoms with Crippen LogP contribution in [0.25, 0.3) is 0 Å². The molecule has 0 heterocycles. The molecule has 4 nitrogen and oxygen atoms in total. The highest BCUT2D eigenvalue weighted by atomic mass is 35.7. The first-order valence-electron chi connectivity index (χ1n) is 6.72. The summed E-state index contributed by atoms with van der Waals surface area (Å²) in [6.45, 7) is 2.07. The van der Waals surface area contributed by atoms with Crippen LogP contribution in [0.15, 0.2) is 23.1 Å². The van der Waals surface area contributed by atoms with Gasteiger partial charge < -0.3 is 4.74 Å². The van der Waals surface area contributed by atoms with Crippen molar-refractivity contribution in [1.29, 1.82) is 0 Å². The van der Waals surface area contributed by atoms with Gasteiger partial charge in [0.1, 0.15) is 11.9 Å². The number of hydrogen-bond acceptors (Lipinski definition) is 4. The zero-order chi connectivity index (χ0) is 15.6. The highest BCUT2D eigenvalue weighted by Crippen LogP contribution is 2.27. The van der Waals surface area contributed by atoms with E-state index >= 15 is 0 Å². The molecule has 2 atom stereocenters. The summed E-state index contributed by atoms with van der Waals surface area (Å²) in [6, 6.07) is 2.82. The summed E-state index contributed by atoms with van der Waals surface area (Å²) < 4.78 is 41.5. The normalized spacial score (nSPS) is 22.8. The van der Waals surface area contributed by atoms with E-state index in [-0.39, 0.29) is 11.0 Å². The third-order valence-corrected chi connectivity index (χ3v) is 4.95. The molecule has 1 aliphatic carbocycles. The molecule has 0 spiro atoms. The van der Waals surface area contributed by atoms with Crippen molar-refractivity contribution in [3.63, 3.8) is 0 Å². The van der Waals surface area contributed by atoms with Crippen LogP contribution in [0.3, 0.4) is 0 Å². The van der Waals surface area contributed by atoms with Crippen LogP contribution in [0.5, 0.6) is 0 Å². The topological polar surface area (TPSA) is 60.4 Å². The number of carbonyl (C=O) groups excluding carboxylic acids is 1. The van der Waals surface area contributed by atoms with E-state index in [0.29, 0.717) is 5.92 Å². The van der Waals surface area contributed by atoms with Gasteiger partial charge in [0.2, 0.25) is 0 Å². The minimum atomic E-state index is -4.02. The van der Waals surface area contributed by atoms with E-state index in [0.717, 1.165) is 43.9 Å². The monoisotopic (exact) mass is 334 g/mol. The lowest BCUT2D eigenvalue weighted by Crippen LogP contribution is -2.25. The summed E-state index contributed by atoms with van der Waals surface area (Å²) in [4.78, 5) is 11.7. The minimum Gasteiger partial charge on any atom is -0.459 e. The van der Waals surface area contributed by atoms with Gasteiger partial charge in [0.05, 0.1) is 10.5 Å². The van der Waals surface area contributed by atoms with Gasteiger partial charge in [-0.15, -0.1) is 0 Å². The maximum Gasteiger partial charge on any atom is 0.341 e. The Labute approximate surface area is 127 Å². The first-order chi connectivity index (χ1) is 9.77. The zero-order valence-corrected chi connectivity index (χ0v) is 13.1. The number of hydrogen-bond donors (Lipinski definition) is 0. The molecule has 0 aromatic heterocycles. The maximum absolute atomic E-state index is 13.7. The van der Waals surface area contributed by atoms with Crippen LogP contribution < -0.4 is 0 Å². The van der Waals surface area contributed by atoms with Crippen LogP contribution in [-0.4, -0.2) is 20.5 Å². The van der Waals surface area contributed by atoms with E-state index in [1.165, 1.54) is 0 Å². The SMILES string of the molecule is CC1CCCC(OC(=O)c2cc(S(=O)(=O)Cl)ccc2F)C1. The second-order valence-electron chi connectivity index (χ2n) is 5.38. The molecule has 0 aliphatic heterocycles. The molecule has 0 N–H and O–H groups in total. The molecule has 0 saturated heterocycles. The van der Waals surface area contributed by atoms with Gasteiger partial charge >= 0.3 is 5.97 Å². The van der Waals surface area contributed by atoms with Gasteiger partial charge in [0.15, 0.2) is 0 Å². The predicted molar refractivity (Wildman–Crippen MR) is 76.3 cm³/mol. The standard InChI is InChI=1S/C14H16ClFO4S/c1-9-3-2-4-10(7-9)20-14(17)12-8-11(21(15,18)19)5-6-13(12)16/h5-6,8-10H,2-4,7H2,1H3. The van der Waals surface area contributed by atoms with Crippen molar-refractivity contribution in [3.05, 3.63) is 29.6 Å². The van der Waals surface area contributed by atoms with E-state index in [1.807, 2.05) is 0 Å². The third-order valence-electron chi connectivity index (χ3n) is 3.60. The van der Waals surface area contributed by atoms with Gasteiger partial charge in [-0.1, -0.05) is 13.3 Å². The third kappa shape index (κ3) is 4.17. The van der Waals surface area contributed by atoms with Gasteiger partial charge in [-0.05, 0) is 43.4 Å². The average molecular weight is 335 g/mol. The molecule has 2 rings (SSSR count). The summed E-state index contributed by atoms with van der Waals surface area (Å²) in [5.74, 6) is -1.22. The molecule has 0 radical (unpaired) electrons. The van der Waals surface area contributed by atoms with Gasteiger partial charge in [-0.2, -0.15) is 0 Å². The first kappa shape index (κ1) is 16.2. The molecule has 1 aromatic rings. The molecule has 1 aromatic carbocycles. The van der Waals surface area contributed by atoms with Crippen LogP contribution in [0.2, 0.25) is 0 Å². The number of benzene rings is 1. The molecule has 0 bridgehead atoms. The number of ether oxygens (including phenoxy) is 1. The highest BCUT2D eigenvalue weighted by molar-refractivity contribution is 8.13. The molecule has 2 unspecified atom stereocenters. The van der Waals surface area contributed by atoms with E-state index in [9.17, 15) is 17.6 Å². The van der Waals surface area contributed by atoms with E-state index in [4.69, 9.17) is 15.4 Å². The van der Waals surface area contributed by atoms with Gasteiger partial charge in [0, 0.05) is 10.7 Å². The molecule has 116 valence electrons. The molecule has 1 fully saturated rings. The lowest BCUT2D eigenvalue weighted by Gasteiger charge is -2.26. The Kier molecular flexibility index (Phi) is 4.88. The van der Waals surface area contributed by atoms with Gasteiger partial charge in [0.25, 0.3) is 9.05 Å². The summed E-state index contributed by atoms with van der Waals surface area (Å²) in [6.07, 6.45) is 3.27. The molecule has 21 heavy (non-hydrogen) atoms. The van der Waals surface area contributed by atoms with Crippen molar-refractivity contribution in [1.82, 2.24) is 0 Å². The average Bonchev–Trinajstić information content (AvgIpc) is 2.37. The van der Waals surface area contributed by atoms with E-state index < -0.39 is 26.4 Å². The van der Waals surface area contributed by atoms with Crippen LogP contribution in [0.4, 0.5) is 4.39 Å². The van der Waals surface area contributed by atoms with E-state index in [2.05, 4.69) is 6.92 Å². The second-order valence-corrected chi connectivity index (χ2v) is 7.94. The molecular weight excluding hydrogens is 319 g/mol. The fourth-order valence-corrected chi connectivity index (χ4v) is 3.29. The summed E-state index contributed by atoms with van der Waals surface area (Å²) in [5, 5.41) is 0. The zero-order valence-electron chi connectivity index (χ0n) is 11.5. The smallest absolute Gasteiger partial charge is 0.341 e.